The third kappa shape index (κ3) is 4.58. The monoisotopic (exact) mass is 410 g/mol. The van der Waals surface area contributed by atoms with Gasteiger partial charge in [-0.3, -0.25) is 9.10 Å². The predicted molar refractivity (Wildman–Crippen MR) is 102 cm³/mol. The lowest BCUT2D eigenvalue weighted by Gasteiger charge is -2.23. The maximum absolute atomic E-state index is 13.0. The molecule has 0 aliphatic heterocycles. The molecule has 1 atom stereocenters. The molecule has 2 aromatic carbocycles. The standard InChI is InChI=1S/C18H19ClN2O5S/c1-3-21(13-7-5-4-6-8-13)27(24,25)14-9-10-16(19)15(11-14)18(23)26-12(2)17(20)22/h4-12H,3H2,1-2H3,(H2,20,22)/t12-/m0/s1. The van der Waals surface area contributed by atoms with Gasteiger partial charge in [-0.25, -0.2) is 13.2 Å². The normalized spacial score (nSPS) is 12.3. The first-order valence-corrected chi connectivity index (χ1v) is 9.88. The SMILES string of the molecule is CCN(c1ccccc1)S(=O)(=O)c1ccc(Cl)c(C(=O)O[C@@H](C)C(N)=O)c1. The van der Waals surface area contributed by atoms with Crippen molar-refractivity contribution in [3.8, 4) is 0 Å². The molecule has 2 N–H and O–H groups in total. The van der Waals surface area contributed by atoms with E-state index >= 15 is 0 Å². The third-order valence-electron chi connectivity index (χ3n) is 3.76. The van der Waals surface area contributed by atoms with Crippen LogP contribution in [0.4, 0.5) is 5.69 Å². The molecule has 0 unspecified atom stereocenters. The lowest BCUT2D eigenvalue weighted by molar-refractivity contribution is -0.125. The number of carbonyl (C=O) groups excluding carboxylic acids is 2. The minimum atomic E-state index is -3.95. The molecule has 0 spiro atoms. The summed E-state index contributed by atoms with van der Waals surface area (Å²) in [5, 5.41) is -0.00150. The molecule has 1 amide bonds. The molecule has 0 saturated carbocycles. The van der Waals surface area contributed by atoms with E-state index in [1.165, 1.54) is 23.4 Å². The maximum atomic E-state index is 13.0. The van der Waals surface area contributed by atoms with E-state index in [9.17, 15) is 18.0 Å². The molecule has 144 valence electrons. The first-order valence-electron chi connectivity index (χ1n) is 8.06. The first-order chi connectivity index (χ1) is 12.7. The van der Waals surface area contributed by atoms with Crippen LogP contribution in [0.15, 0.2) is 53.4 Å². The van der Waals surface area contributed by atoms with Crippen molar-refractivity contribution in [3.05, 3.63) is 59.1 Å². The number of sulfonamides is 1. The van der Waals surface area contributed by atoms with Gasteiger partial charge in [-0.05, 0) is 44.2 Å². The van der Waals surface area contributed by atoms with Crippen LogP contribution in [-0.2, 0) is 19.6 Å². The van der Waals surface area contributed by atoms with Gasteiger partial charge in [0, 0.05) is 6.54 Å². The molecule has 2 aromatic rings. The molecule has 27 heavy (non-hydrogen) atoms. The number of anilines is 1. The van der Waals surface area contributed by atoms with Gasteiger partial charge < -0.3 is 10.5 Å². The molecule has 0 fully saturated rings. The molecule has 0 aliphatic rings. The van der Waals surface area contributed by atoms with Crippen molar-refractivity contribution in [2.24, 2.45) is 5.73 Å². The number of carbonyl (C=O) groups is 2. The molecular formula is C18H19ClN2O5S. The van der Waals surface area contributed by atoms with E-state index in [2.05, 4.69) is 0 Å². The average Bonchev–Trinajstić information content (AvgIpc) is 2.62. The van der Waals surface area contributed by atoms with E-state index < -0.39 is 28.0 Å². The number of benzene rings is 2. The van der Waals surface area contributed by atoms with Crippen LogP contribution in [0.3, 0.4) is 0 Å². The number of rotatable bonds is 7. The molecule has 0 aliphatic carbocycles. The predicted octanol–water partition coefficient (Wildman–Crippen LogP) is 2.59. The Morgan fingerprint density at radius 3 is 2.37 bits per heavy atom. The van der Waals surface area contributed by atoms with Gasteiger partial charge in [-0.2, -0.15) is 0 Å². The van der Waals surface area contributed by atoms with Crippen LogP contribution in [0.5, 0.6) is 0 Å². The molecule has 0 heterocycles. The Balaban J connectivity index is 2.44. The van der Waals surface area contributed by atoms with Crippen LogP contribution in [0.25, 0.3) is 0 Å². The number of ether oxygens (including phenoxy) is 1. The second-order valence-corrected chi connectivity index (χ2v) is 7.87. The molecule has 0 radical (unpaired) electrons. The smallest absolute Gasteiger partial charge is 0.340 e. The Bertz CT molecular complexity index is 947. The summed E-state index contributed by atoms with van der Waals surface area (Å²) < 4.78 is 32.2. The van der Waals surface area contributed by atoms with Crippen molar-refractivity contribution in [2.45, 2.75) is 24.8 Å². The second kappa shape index (κ2) is 8.41. The van der Waals surface area contributed by atoms with Crippen LogP contribution in [0.2, 0.25) is 5.02 Å². The zero-order valence-electron chi connectivity index (χ0n) is 14.8. The highest BCUT2D eigenvalue weighted by molar-refractivity contribution is 7.92. The minimum absolute atomic E-state index is 0.00150. The fourth-order valence-corrected chi connectivity index (χ4v) is 4.01. The topological polar surface area (TPSA) is 107 Å². The van der Waals surface area contributed by atoms with Crippen molar-refractivity contribution in [1.29, 1.82) is 0 Å². The largest absolute Gasteiger partial charge is 0.449 e. The second-order valence-electron chi connectivity index (χ2n) is 5.60. The number of halogens is 1. The molecular weight excluding hydrogens is 392 g/mol. The van der Waals surface area contributed by atoms with Gasteiger partial charge in [0.2, 0.25) is 0 Å². The quantitative estimate of drug-likeness (QED) is 0.706. The number of hydrogen-bond acceptors (Lipinski definition) is 5. The summed E-state index contributed by atoms with van der Waals surface area (Å²) in [7, 11) is -3.95. The van der Waals surface area contributed by atoms with E-state index in [0.29, 0.717) is 5.69 Å². The van der Waals surface area contributed by atoms with E-state index in [0.717, 1.165) is 6.07 Å². The summed E-state index contributed by atoms with van der Waals surface area (Å²) in [6, 6.07) is 12.3. The van der Waals surface area contributed by atoms with Crippen molar-refractivity contribution < 1.29 is 22.7 Å². The molecule has 0 saturated heterocycles. The van der Waals surface area contributed by atoms with Crippen LogP contribution < -0.4 is 10.0 Å². The van der Waals surface area contributed by atoms with Crippen LogP contribution in [-0.4, -0.2) is 32.9 Å². The van der Waals surface area contributed by atoms with E-state index in [1.807, 2.05) is 0 Å². The molecule has 2 rings (SSSR count). The van der Waals surface area contributed by atoms with Crippen LogP contribution in [0.1, 0.15) is 24.2 Å². The lowest BCUT2D eigenvalue weighted by atomic mass is 10.2. The summed E-state index contributed by atoms with van der Waals surface area (Å²) >= 11 is 6.01. The molecule has 0 aromatic heterocycles. The summed E-state index contributed by atoms with van der Waals surface area (Å²) in [5.74, 6) is -1.77. The maximum Gasteiger partial charge on any atom is 0.340 e. The van der Waals surface area contributed by atoms with Gasteiger partial charge in [0.15, 0.2) is 6.10 Å². The van der Waals surface area contributed by atoms with Gasteiger partial charge in [-0.15, -0.1) is 0 Å². The fraction of sp³-hybridized carbons (Fsp3) is 0.222. The van der Waals surface area contributed by atoms with Gasteiger partial charge in [-0.1, -0.05) is 29.8 Å². The van der Waals surface area contributed by atoms with Crippen molar-refractivity contribution >= 4 is 39.2 Å². The zero-order valence-corrected chi connectivity index (χ0v) is 16.3. The van der Waals surface area contributed by atoms with Crippen molar-refractivity contribution in [2.75, 3.05) is 10.8 Å². The summed E-state index contributed by atoms with van der Waals surface area (Å²) in [4.78, 5) is 23.2. The molecule has 7 nitrogen and oxygen atoms in total. The Morgan fingerprint density at radius 2 is 1.81 bits per heavy atom. The number of nitrogens with two attached hydrogens (primary N) is 1. The number of nitrogens with zero attached hydrogens (tertiary/aromatic N) is 1. The van der Waals surface area contributed by atoms with Crippen molar-refractivity contribution in [1.82, 2.24) is 0 Å². The van der Waals surface area contributed by atoms with Crippen LogP contribution in [0, 0.1) is 0 Å². The Labute approximate surface area is 162 Å². The van der Waals surface area contributed by atoms with Gasteiger partial charge in [0.05, 0.1) is 21.2 Å². The number of hydrogen-bond donors (Lipinski definition) is 1. The number of primary amides is 1. The highest BCUT2D eigenvalue weighted by Gasteiger charge is 2.26. The summed E-state index contributed by atoms with van der Waals surface area (Å²) in [6.45, 7) is 3.20. The molecule has 0 bridgehead atoms. The van der Waals surface area contributed by atoms with Crippen LogP contribution >= 0.6 is 11.6 Å². The van der Waals surface area contributed by atoms with Crippen molar-refractivity contribution in [3.63, 3.8) is 0 Å². The number of para-hydroxylation sites is 1. The third-order valence-corrected chi connectivity index (χ3v) is 5.99. The first kappa shape index (κ1) is 20.7. The Hall–Kier alpha value is -2.58. The van der Waals surface area contributed by atoms with E-state index in [4.69, 9.17) is 22.1 Å². The van der Waals surface area contributed by atoms with E-state index in [1.54, 1.807) is 37.3 Å². The fourth-order valence-electron chi connectivity index (χ4n) is 2.32. The summed E-state index contributed by atoms with van der Waals surface area (Å²) in [5.41, 5.74) is 5.39. The Morgan fingerprint density at radius 1 is 1.19 bits per heavy atom. The van der Waals surface area contributed by atoms with Gasteiger partial charge in [0.25, 0.3) is 15.9 Å². The molecule has 9 heteroatoms. The lowest BCUT2D eigenvalue weighted by Crippen LogP contribution is -2.31. The minimum Gasteiger partial charge on any atom is -0.449 e. The van der Waals surface area contributed by atoms with Gasteiger partial charge in [0.1, 0.15) is 0 Å². The summed E-state index contributed by atoms with van der Waals surface area (Å²) in [6.07, 6.45) is -1.18. The number of esters is 1. The van der Waals surface area contributed by atoms with Gasteiger partial charge >= 0.3 is 5.97 Å². The zero-order chi connectivity index (χ0) is 20.2. The highest BCUT2D eigenvalue weighted by atomic mass is 35.5. The van der Waals surface area contributed by atoms with E-state index in [-0.39, 0.29) is 22.0 Å². The Kier molecular flexibility index (Phi) is 6.45. The average molecular weight is 411 g/mol. The number of amides is 1. The highest BCUT2D eigenvalue weighted by Crippen LogP contribution is 2.27.